The van der Waals surface area contributed by atoms with Gasteiger partial charge in [-0.2, -0.15) is 0 Å². The lowest BCUT2D eigenvalue weighted by Gasteiger charge is -2.04. The first-order chi connectivity index (χ1) is 14.4. The Labute approximate surface area is 174 Å². The van der Waals surface area contributed by atoms with E-state index in [2.05, 4.69) is 47.1 Å². The number of rotatable bonds is 5. The third-order valence-corrected chi connectivity index (χ3v) is 3.45. The van der Waals surface area contributed by atoms with Crippen molar-refractivity contribution in [1.82, 2.24) is 0 Å². The summed E-state index contributed by atoms with van der Waals surface area (Å²) in [7, 11) is 0. The van der Waals surface area contributed by atoms with E-state index in [9.17, 15) is 9.59 Å². The zero-order valence-corrected chi connectivity index (χ0v) is 16.5. The molecule has 0 heterocycles. The third-order valence-electron chi connectivity index (χ3n) is 3.45. The van der Waals surface area contributed by atoms with E-state index in [1.54, 1.807) is 24.3 Å². The quantitative estimate of drug-likeness (QED) is 0.424. The molecule has 0 aromatic heterocycles. The van der Waals surface area contributed by atoms with Gasteiger partial charge >= 0.3 is 11.9 Å². The number of ether oxygens (including phenoxy) is 4. The molecule has 0 atom stereocenters. The molecule has 0 aliphatic heterocycles. The molecule has 0 aliphatic carbocycles. The van der Waals surface area contributed by atoms with E-state index in [0.717, 1.165) is 11.1 Å². The van der Waals surface area contributed by atoms with Gasteiger partial charge in [0.1, 0.15) is 11.5 Å². The summed E-state index contributed by atoms with van der Waals surface area (Å²) in [6.07, 6.45) is 8.90. The van der Waals surface area contributed by atoms with E-state index < -0.39 is 11.9 Å². The molecule has 6 heteroatoms. The van der Waals surface area contributed by atoms with Gasteiger partial charge in [0.15, 0.2) is 24.4 Å². The van der Waals surface area contributed by atoms with Crippen molar-refractivity contribution in [2.24, 2.45) is 0 Å². The largest absolute Gasteiger partial charge is 0.405 e. The molecule has 2 aromatic rings. The second-order valence-electron chi connectivity index (χ2n) is 6.00. The van der Waals surface area contributed by atoms with E-state index in [1.165, 1.54) is 13.8 Å². The summed E-state index contributed by atoms with van der Waals surface area (Å²) in [6.45, 7) is 9.95. The van der Waals surface area contributed by atoms with Crippen LogP contribution in [0.1, 0.15) is 13.8 Å². The number of carbonyl (C=O) groups is 2. The standard InChI is InChI=1S/C24H18O6/c1-17(2)23(25)29-15-13-27-21-9-5-19(6-10-21)20-7-11-22(12-8-20)28-14-16-30-24(26)18(3)4/h5-12H,1,3H2,2,4H3. The molecular formula is C24H18O6. The van der Waals surface area contributed by atoms with Gasteiger partial charge in [-0.15, -0.1) is 0 Å². The highest BCUT2D eigenvalue weighted by Crippen LogP contribution is 2.24. The van der Waals surface area contributed by atoms with Gasteiger partial charge in [0.25, 0.3) is 0 Å². The van der Waals surface area contributed by atoms with E-state index in [-0.39, 0.29) is 11.1 Å². The molecule has 2 rings (SSSR count). The summed E-state index contributed by atoms with van der Waals surface area (Å²) in [5, 5.41) is 0. The lowest BCUT2D eigenvalue weighted by molar-refractivity contribution is -0.133. The molecule has 0 saturated heterocycles. The second-order valence-corrected chi connectivity index (χ2v) is 6.00. The first-order valence-electron chi connectivity index (χ1n) is 8.64. The van der Waals surface area contributed by atoms with Gasteiger partial charge in [0, 0.05) is 11.1 Å². The minimum absolute atomic E-state index is 0.253. The van der Waals surface area contributed by atoms with Crippen LogP contribution in [0.5, 0.6) is 11.5 Å². The van der Waals surface area contributed by atoms with Crippen LogP contribution in [-0.2, 0) is 19.1 Å². The van der Waals surface area contributed by atoms with Crippen LogP contribution >= 0.6 is 0 Å². The van der Waals surface area contributed by atoms with Crippen molar-refractivity contribution < 1.29 is 28.5 Å². The predicted molar refractivity (Wildman–Crippen MR) is 110 cm³/mol. The fourth-order valence-electron chi connectivity index (χ4n) is 1.90. The van der Waals surface area contributed by atoms with Gasteiger partial charge in [0.05, 0.1) is 0 Å². The first-order valence-corrected chi connectivity index (χ1v) is 8.64. The summed E-state index contributed by atoms with van der Waals surface area (Å²) in [4.78, 5) is 22.4. The van der Waals surface area contributed by atoms with Gasteiger partial charge in [-0.05, 0) is 49.2 Å². The second kappa shape index (κ2) is 10.8. The van der Waals surface area contributed by atoms with Crippen molar-refractivity contribution in [2.75, 3.05) is 0 Å². The maximum Gasteiger partial charge on any atom is 0.347 e. The predicted octanol–water partition coefficient (Wildman–Crippen LogP) is 4.19. The average molecular weight is 402 g/mol. The fraction of sp³-hybridized carbons (Fsp3) is 0.0833. The zero-order valence-electron chi connectivity index (χ0n) is 16.5. The van der Waals surface area contributed by atoms with Crippen LogP contribution in [0, 0.1) is 24.4 Å². The summed E-state index contributed by atoms with van der Waals surface area (Å²) in [6, 6.07) is 14.3. The molecule has 0 aliphatic rings. The number of esters is 2. The van der Waals surface area contributed by atoms with Crippen LogP contribution < -0.4 is 9.47 Å². The molecule has 0 radical (unpaired) electrons. The Balaban J connectivity index is 1.91. The van der Waals surface area contributed by atoms with Gasteiger partial charge in [0.2, 0.25) is 0 Å². The molecule has 2 aromatic carbocycles. The summed E-state index contributed by atoms with van der Waals surface area (Å²) in [5.41, 5.74) is 2.39. The first kappa shape index (κ1) is 21.9. The molecule has 6 nitrogen and oxygen atoms in total. The van der Waals surface area contributed by atoms with E-state index in [4.69, 9.17) is 9.47 Å². The highest BCUT2D eigenvalue weighted by Gasteiger charge is 2.02. The van der Waals surface area contributed by atoms with Crippen LogP contribution in [0.15, 0.2) is 72.8 Å². The van der Waals surface area contributed by atoms with Crippen molar-refractivity contribution in [1.29, 1.82) is 0 Å². The average Bonchev–Trinajstić information content (AvgIpc) is 2.74. The third kappa shape index (κ3) is 6.95. The number of carbonyl (C=O) groups excluding carboxylic acids is 2. The fourth-order valence-corrected chi connectivity index (χ4v) is 1.90. The molecule has 30 heavy (non-hydrogen) atoms. The van der Waals surface area contributed by atoms with Crippen LogP contribution in [-0.4, -0.2) is 11.9 Å². The van der Waals surface area contributed by atoms with E-state index in [1.807, 2.05) is 24.3 Å². The van der Waals surface area contributed by atoms with Gasteiger partial charge < -0.3 is 18.9 Å². The van der Waals surface area contributed by atoms with Gasteiger partial charge in [-0.3, -0.25) is 0 Å². The topological polar surface area (TPSA) is 71.1 Å². The van der Waals surface area contributed by atoms with Crippen molar-refractivity contribution in [3.05, 3.63) is 72.8 Å². The maximum atomic E-state index is 11.2. The summed E-state index contributed by atoms with van der Waals surface area (Å²) >= 11 is 0. The molecule has 0 N–H and O–H groups in total. The van der Waals surface area contributed by atoms with Crippen molar-refractivity contribution in [2.45, 2.75) is 13.8 Å². The Bertz CT molecular complexity index is 981. The highest BCUT2D eigenvalue weighted by atomic mass is 16.5. The molecule has 0 spiro atoms. The lowest BCUT2D eigenvalue weighted by Crippen LogP contribution is -1.99. The SMILES string of the molecule is C=C(C)C(=O)OC#COc1ccc(-c2ccc(OC#COC(=O)C(=C)C)cc2)cc1. The minimum atomic E-state index is -0.604. The van der Waals surface area contributed by atoms with Crippen LogP contribution in [0.4, 0.5) is 0 Å². The lowest BCUT2D eigenvalue weighted by atomic mass is 10.1. The Morgan fingerprint density at radius 1 is 0.633 bits per heavy atom. The zero-order chi connectivity index (χ0) is 21.9. The molecule has 150 valence electrons. The molecule has 0 fully saturated rings. The smallest absolute Gasteiger partial charge is 0.347 e. The molecule has 0 bridgehead atoms. The van der Waals surface area contributed by atoms with Crippen molar-refractivity contribution >= 4 is 11.9 Å². The highest BCUT2D eigenvalue weighted by molar-refractivity contribution is 5.88. The van der Waals surface area contributed by atoms with Crippen molar-refractivity contribution in [3.63, 3.8) is 0 Å². The van der Waals surface area contributed by atoms with E-state index in [0.29, 0.717) is 11.5 Å². The molecule has 0 amide bonds. The Kier molecular flexibility index (Phi) is 7.87. The number of benzene rings is 2. The van der Waals surface area contributed by atoms with Crippen LogP contribution in [0.2, 0.25) is 0 Å². The van der Waals surface area contributed by atoms with Gasteiger partial charge in [-0.1, -0.05) is 37.4 Å². The maximum absolute atomic E-state index is 11.2. The monoisotopic (exact) mass is 402 g/mol. The minimum Gasteiger partial charge on any atom is -0.405 e. The van der Waals surface area contributed by atoms with Crippen molar-refractivity contribution in [3.8, 4) is 47.1 Å². The Morgan fingerprint density at radius 2 is 0.967 bits per heavy atom. The van der Waals surface area contributed by atoms with Crippen LogP contribution in [0.25, 0.3) is 11.1 Å². The Hall–Kier alpha value is -4.42. The normalized spacial score (nSPS) is 9.00. The Morgan fingerprint density at radius 3 is 1.27 bits per heavy atom. The van der Waals surface area contributed by atoms with Gasteiger partial charge in [-0.25, -0.2) is 9.59 Å². The molecule has 0 saturated carbocycles. The number of hydrogen-bond acceptors (Lipinski definition) is 6. The summed E-state index contributed by atoms with van der Waals surface area (Å²) < 4.78 is 19.6. The number of hydrogen-bond donors (Lipinski definition) is 0. The van der Waals surface area contributed by atoms with E-state index >= 15 is 0 Å². The van der Waals surface area contributed by atoms with Crippen LogP contribution in [0.3, 0.4) is 0 Å². The molecular weight excluding hydrogens is 384 g/mol. The summed E-state index contributed by atoms with van der Waals surface area (Å²) in [5.74, 6) is -0.213. The molecule has 0 unspecified atom stereocenters.